The van der Waals surface area contributed by atoms with Gasteiger partial charge in [-0.3, -0.25) is 19.5 Å². The van der Waals surface area contributed by atoms with Gasteiger partial charge >= 0.3 is 5.76 Å². The maximum Gasteiger partial charge on any atom is 0.420 e. The highest BCUT2D eigenvalue weighted by Gasteiger charge is 2.18. The molecule has 0 saturated carbocycles. The number of anilines is 1. The molecular formula is C20H16N4O6S. The number of carbonyl (C=O) groups excluding carboxylic acids is 1. The Labute approximate surface area is 178 Å². The quantitative estimate of drug-likeness (QED) is 0.358. The van der Waals surface area contributed by atoms with Crippen LogP contribution < -0.4 is 15.8 Å². The minimum atomic E-state index is -0.778. The Hall–Kier alpha value is -3.99. The molecule has 4 aromatic rings. The number of benzene rings is 2. The first-order valence-electron chi connectivity index (χ1n) is 9.05. The fraction of sp³-hybridized carbons (Fsp3) is 0.150. The number of nitro groups is 1. The molecule has 0 fully saturated rings. The average molecular weight is 440 g/mol. The van der Waals surface area contributed by atoms with E-state index in [1.165, 1.54) is 23.5 Å². The molecule has 2 heterocycles. The van der Waals surface area contributed by atoms with E-state index in [4.69, 9.17) is 9.15 Å². The second-order valence-electron chi connectivity index (χ2n) is 6.56. The molecule has 0 atom stereocenters. The molecule has 0 saturated heterocycles. The third kappa shape index (κ3) is 4.03. The molecule has 2 aromatic heterocycles. The highest BCUT2D eigenvalue weighted by molar-refractivity contribution is 7.16. The SMILES string of the molecule is COc1ccc(-c2nc(NC(=O)Cn3c(=O)oc4cc([N+](=O)[O-])ccc43)sc2C)cc1. The molecular weight excluding hydrogens is 424 g/mol. The van der Waals surface area contributed by atoms with Gasteiger partial charge in [0.2, 0.25) is 5.91 Å². The molecule has 0 spiro atoms. The highest BCUT2D eigenvalue weighted by Crippen LogP contribution is 2.31. The van der Waals surface area contributed by atoms with Gasteiger partial charge in [0.25, 0.3) is 5.69 Å². The number of thiazole rings is 1. The number of non-ortho nitro benzene ring substituents is 1. The van der Waals surface area contributed by atoms with Crippen LogP contribution in [0.1, 0.15) is 4.88 Å². The number of aryl methyl sites for hydroxylation is 1. The van der Waals surface area contributed by atoms with Crippen LogP contribution in [0.3, 0.4) is 0 Å². The second kappa shape index (κ2) is 8.03. The van der Waals surface area contributed by atoms with Gasteiger partial charge in [0, 0.05) is 16.5 Å². The number of hydrogen-bond acceptors (Lipinski definition) is 8. The number of hydrogen-bond donors (Lipinski definition) is 1. The zero-order chi connectivity index (χ0) is 22.1. The van der Waals surface area contributed by atoms with Crippen LogP contribution in [0.15, 0.2) is 51.7 Å². The number of amides is 1. The third-order valence-electron chi connectivity index (χ3n) is 4.57. The van der Waals surface area contributed by atoms with Gasteiger partial charge in [0.05, 0.1) is 29.3 Å². The van der Waals surface area contributed by atoms with Crippen molar-refractivity contribution in [1.82, 2.24) is 9.55 Å². The van der Waals surface area contributed by atoms with Crippen molar-refractivity contribution in [1.29, 1.82) is 0 Å². The van der Waals surface area contributed by atoms with Crippen molar-refractivity contribution in [3.8, 4) is 17.0 Å². The minimum absolute atomic E-state index is 0.0406. The van der Waals surface area contributed by atoms with Crippen LogP contribution in [0, 0.1) is 17.0 Å². The average Bonchev–Trinajstić information content (AvgIpc) is 3.26. The van der Waals surface area contributed by atoms with E-state index in [1.807, 2.05) is 31.2 Å². The van der Waals surface area contributed by atoms with Crippen molar-refractivity contribution in [2.24, 2.45) is 0 Å². The molecule has 0 aliphatic carbocycles. The lowest BCUT2D eigenvalue weighted by Gasteiger charge is -2.03. The standard InChI is InChI=1S/C20H16N4O6S/c1-11-18(12-3-6-14(29-2)7-4-12)22-19(31-11)21-17(25)10-23-15-8-5-13(24(27)28)9-16(15)30-20(23)26/h3-9H,10H2,1-2H3,(H,21,22,25). The molecule has 0 radical (unpaired) electrons. The Bertz CT molecular complexity index is 1350. The summed E-state index contributed by atoms with van der Waals surface area (Å²) in [6.45, 7) is 1.58. The Morgan fingerprint density at radius 2 is 2.03 bits per heavy atom. The number of methoxy groups -OCH3 is 1. The number of oxazole rings is 1. The monoisotopic (exact) mass is 440 g/mol. The third-order valence-corrected chi connectivity index (χ3v) is 5.46. The molecule has 0 aliphatic rings. The van der Waals surface area contributed by atoms with Crippen molar-refractivity contribution < 1.29 is 18.9 Å². The molecule has 158 valence electrons. The van der Waals surface area contributed by atoms with E-state index in [9.17, 15) is 19.7 Å². The van der Waals surface area contributed by atoms with Gasteiger partial charge in [0.15, 0.2) is 10.7 Å². The number of nitrogens with one attached hydrogen (secondary N) is 1. The van der Waals surface area contributed by atoms with Crippen molar-refractivity contribution >= 4 is 39.2 Å². The summed E-state index contributed by atoms with van der Waals surface area (Å²) in [6.07, 6.45) is 0. The summed E-state index contributed by atoms with van der Waals surface area (Å²) in [5, 5.41) is 14.0. The van der Waals surface area contributed by atoms with Gasteiger partial charge in [-0.1, -0.05) is 0 Å². The lowest BCUT2D eigenvalue weighted by molar-refractivity contribution is -0.384. The van der Waals surface area contributed by atoms with Crippen molar-refractivity contribution in [3.63, 3.8) is 0 Å². The minimum Gasteiger partial charge on any atom is -0.497 e. The Kier molecular flexibility index (Phi) is 5.26. The van der Waals surface area contributed by atoms with Gasteiger partial charge in [-0.2, -0.15) is 0 Å². The van der Waals surface area contributed by atoms with Crippen LogP contribution in [0.2, 0.25) is 0 Å². The Morgan fingerprint density at radius 3 is 2.71 bits per heavy atom. The normalized spacial score (nSPS) is 10.9. The topological polar surface area (TPSA) is 130 Å². The summed E-state index contributed by atoms with van der Waals surface area (Å²) in [7, 11) is 1.59. The summed E-state index contributed by atoms with van der Waals surface area (Å²) < 4.78 is 11.3. The first kappa shape index (κ1) is 20.3. The predicted octanol–water partition coefficient (Wildman–Crippen LogP) is 3.58. The fourth-order valence-corrected chi connectivity index (χ4v) is 3.94. The molecule has 0 aliphatic heterocycles. The van der Waals surface area contributed by atoms with E-state index in [1.54, 1.807) is 7.11 Å². The van der Waals surface area contributed by atoms with Gasteiger partial charge < -0.3 is 14.5 Å². The number of rotatable bonds is 6. The number of nitro benzene ring substituents is 1. The number of fused-ring (bicyclic) bond motifs is 1. The molecule has 0 unspecified atom stereocenters. The lowest BCUT2D eigenvalue weighted by atomic mass is 10.1. The molecule has 1 amide bonds. The summed E-state index contributed by atoms with van der Waals surface area (Å²) in [5.74, 6) is -0.522. The Balaban J connectivity index is 1.53. The molecule has 2 aromatic carbocycles. The maximum absolute atomic E-state index is 12.5. The molecule has 10 nitrogen and oxygen atoms in total. The fourth-order valence-electron chi connectivity index (χ4n) is 3.09. The summed E-state index contributed by atoms with van der Waals surface area (Å²) in [4.78, 5) is 40.3. The summed E-state index contributed by atoms with van der Waals surface area (Å²) in [6, 6.07) is 11.2. The number of ether oxygens (including phenoxy) is 1. The number of aromatic nitrogens is 2. The van der Waals surface area contributed by atoms with Gasteiger partial charge in [0.1, 0.15) is 12.3 Å². The second-order valence-corrected chi connectivity index (χ2v) is 7.77. The maximum atomic E-state index is 12.5. The van der Waals surface area contributed by atoms with Crippen LogP contribution in [0.4, 0.5) is 10.8 Å². The van der Waals surface area contributed by atoms with E-state index in [2.05, 4.69) is 10.3 Å². The smallest absolute Gasteiger partial charge is 0.420 e. The van der Waals surface area contributed by atoms with Crippen LogP contribution in [0.25, 0.3) is 22.4 Å². The zero-order valence-electron chi connectivity index (χ0n) is 16.4. The lowest BCUT2D eigenvalue weighted by Crippen LogP contribution is -2.24. The summed E-state index contributed by atoms with van der Waals surface area (Å²) >= 11 is 1.31. The zero-order valence-corrected chi connectivity index (χ0v) is 17.3. The predicted molar refractivity (Wildman–Crippen MR) is 115 cm³/mol. The Morgan fingerprint density at radius 1 is 1.29 bits per heavy atom. The largest absolute Gasteiger partial charge is 0.497 e. The van der Waals surface area contributed by atoms with E-state index in [-0.39, 0.29) is 17.8 Å². The first-order valence-corrected chi connectivity index (χ1v) is 9.87. The van der Waals surface area contributed by atoms with E-state index >= 15 is 0 Å². The van der Waals surface area contributed by atoms with Crippen LogP contribution in [-0.4, -0.2) is 27.5 Å². The van der Waals surface area contributed by atoms with Crippen molar-refractivity contribution in [2.75, 3.05) is 12.4 Å². The summed E-state index contributed by atoms with van der Waals surface area (Å²) in [5.41, 5.74) is 1.75. The molecule has 4 rings (SSSR count). The van der Waals surface area contributed by atoms with Crippen LogP contribution in [-0.2, 0) is 11.3 Å². The van der Waals surface area contributed by atoms with E-state index in [0.29, 0.717) is 10.6 Å². The van der Waals surface area contributed by atoms with Gasteiger partial charge in [-0.15, -0.1) is 11.3 Å². The van der Waals surface area contributed by atoms with Crippen LogP contribution >= 0.6 is 11.3 Å². The number of nitrogens with zero attached hydrogens (tertiary/aromatic N) is 3. The van der Waals surface area contributed by atoms with E-state index in [0.717, 1.165) is 32.5 Å². The van der Waals surface area contributed by atoms with Crippen molar-refractivity contribution in [2.45, 2.75) is 13.5 Å². The first-order chi connectivity index (χ1) is 14.9. The van der Waals surface area contributed by atoms with Gasteiger partial charge in [-0.05, 0) is 37.3 Å². The van der Waals surface area contributed by atoms with E-state index < -0.39 is 16.6 Å². The molecule has 11 heteroatoms. The van der Waals surface area contributed by atoms with Crippen LogP contribution in [0.5, 0.6) is 5.75 Å². The molecule has 1 N–H and O–H groups in total. The highest BCUT2D eigenvalue weighted by atomic mass is 32.1. The molecule has 0 bridgehead atoms. The molecule has 31 heavy (non-hydrogen) atoms. The number of carbonyl (C=O) groups is 1. The van der Waals surface area contributed by atoms with Crippen molar-refractivity contribution in [3.05, 3.63) is 68.0 Å². The van der Waals surface area contributed by atoms with Gasteiger partial charge in [-0.25, -0.2) is 9.78 Å².